The van der Waals surface area contributed by atoms with Gasteiger partial charge in [0.05, 0.1) is 36.2 Å². The number of rotatable bonds is 5. The number of methoxy groups -OCH3 is 1. The highest BCUT2D eigenvalue weighted by atomic mass is 19.1. The number of nitrogens with zero attached hydrogens (tertiary/aromatic N) is 4. The summed E-state index contributed by atoms with van der Waals surface area (Å²) < 4.78 is 34.7. The molecule has 2 N–H and O–H groups in total. The third kappa shape index (κ3) is 5.07. The maximum absolute atomic E-state index is 14.3. The molecule has 2 unspecified atom stereocenters. The summed E-state index contributed by atoms with van der Waals surface area (Å²) >= 11 is 0. The van der Waals surface area contributed by atoms with Gasteiger partial charge in [-0.15, -0.1) is 0 Å². The molecule has 2 aromatic carbocycles. The molecule has 4 aromatic rings. The Morgan fingerprint density at radius 2 is 1.77 bits per heavy atom. The van der Waals surface area contributed by atoms with Gasteiger partial charge in [-0.3, -0.25) is 4.79 Å². The number of hydrogen-bond acceptors (Lipinski definition) is 6. The quantitative estimate of drug-likeness (QED) is 0.423. The van der Waals surface area contributed by atoms with Gasteiger partial charge in [-0.05, 0) is 29.8 Å². The minimum absolute atomic E-state index is 0.193. The van der Waals surface area contributed by atoms with Crippen LogP contribution in [0.1, 0.15) is 56.7 Å². The van der Waals surface area contributed by atoms with Gasteiger partial charge in [0.15, 0.2) is 0 Å². The molecule has 0 amide bonds. The Hall–Kier alpha value is -3.66. The minimum Gasteiger partial charge on any atom is -0.383 e. The van der Waals surface area contributed by atoms with E-state index in [2.05, 4.69) is 25.6 Å². The maximum Gasteiger partial charge on any atom is 0.272 e. The molecule has 5 rings (SSSR count). The third-order valence-electron chi connectivity index (χ3n) is 5.48. The highest BCUT2D eigenvalue weighted by Gasteiger charge is 2.38. The number of hydrogen-bond donors (Lipinski definition) is 2. The van der Waals surface area contributed by atoms with Crippen LogP contribution in [0.15, 0.2) is 47.5 Å². The van der Waals surface area contributed by atoms with E-state index >= 15 is 0 Å². The Kier molecular flexibility index (Phi) is 8.64. The molecule has 3 heterocycles. The van der Waals surface area contributed by atoms with Gasteiger partial charge in [0.2, 0.25) is 0 Å². The molecule has 10 heteroatoms. The molecular weight excluding hydrogens is 454 g/mol. The zero-order valence-electron chi connectivity index (χ0n) is 20.5. The average Bonchev–Trinajstić information content (AvgIpc) is 3.35. The van der Waals surface area contributed by atoms with Crippen LogP contribution in [0.2, 0.25) is 0 Å². The molecule has 1 aliphatic heterocycles. The van der Waals surface area contributed by atoms with Gasteiger partial charge in [-0.2, -0.15) is 10.2 Å². The first-order valence-electron chi connectivity index (χ1n) is 11.7. The van der Waals surface area contributed by atoms with E-state index in [0.717, 1.165) is 5.56 Å². The van der Waals surface area contributed by atoms with Crippen LogP contribution in [0.25, 0.3) is 10.8 Å². The van der Waals surface area contributed by atoms with Crippen LogP contribution in [0, 0.1) is 11.6 Å². The van der Waals surface area contributed by atoms with Crippen molar-refractivity contribution in [3.8, 4) is 0 Å². The van der Waals surface area contributed by atoms with Crippen molar-refractivity contribution in [1.82, 2.24) is 25.0 Å². The number of aromatic amines is 1. The summed E-state index contributed by atoms with van der Waals surface area (Å²) in [7, 11) is 1.60. The molecule has 0 bridgehead atoms. The molecular formula is C25H30F2N6O2. The van der Waals surface area contributed by atoms with E-state index in [9.17, 15) is 13.6 Å². The number of halogens is 2. The van der Waals surface area contributed by atoms with E-state index in [0.29, 0.717) is 35.7 Å². The number of H-pyrrole nitrogens is 1. The van der Waals surface area contributed by atoms with Gasteiger partial charge < -0.3 is 10.1 Å². The zero-order chi connectivity index (χ0) is 25.5. The highest BCUT2D eigenvalue weighted by Crippen LogP contribution is 2.45. The van der Waals surface area contributed by atoms with Crippen molar-refractivity contribution in [2.24, 2.45) is 0 Å². The van der Waals surface area contributed by atoms with Crippen LogP contribution in [0.5, 0.6) is 0 Å². The number of anilines is 1. The Morgan fingerprint density at radius 3 is 2.46 bits per heavy atom. The fourth-order valence-electron chi connectivity index (χ4n) is 4.12. The molecule has 8 nitrogen and oxygen atoms in total. The zero-order valence-corrected chi connectivity index (χ0v) is 20.5. The monoisotopic (exact) mass is 484 g/mol. The lowest BCUT2D eigenvalue weighted by Gasteiger charge is -2.34. The first-order chi connectivity index (χ1) is 17.1. The molecule has 2 atom stereocenters. The Labute approximate surface area is 202 Å². The second-order valence-electron chi connectivity index (χ2n) is 7.30. The molecule has 1 aliphatic rings. The lowest BCUT2D eigenvalue weighted by molar-refractivity contribution is 0.181. The summed E-state index contributed by atoms with van der Waals surface area (Å²) in [5.74, 6) is -0.801. The van der Waals surface area contributed by atoms with Crippen LogP contribution in [0.4, 0.5) is 14.5 Å². The standard InChI is InChI=1S/C21H18F2N6O2.2C2H6/c1-31-7-6-29-20(24-10-25-29)17-18(11-2-4-12(22)5-3-11)26-15-9-13(23)8-14-16(15)19(17)27-28-21(14)30;2*1-2/h2-5,8-10,17-18,26H,6-7H2,1H3,(H,28,30);2*1-2H3. The van der Waals surface area contributed by atoms with Crippen LogP contribution < -0.4 is 10.9 Å². The molecule has 2 aromatic heterocycles. The van der Waals surface area contributed by atoms with Crippen molar-refractivity contribution in [2.45, 2.75) is 46.2 Å². The molecule has 0 saturated heterocycles. The largest absolute Gasteiger partial charge is 0.383 e. The molecule has 0 fully saturated rings. The predicted octanol–water partition coefficient (Wildman–Crippen LogP) is 4.79. The fourth-order valence-corrected chi connectivity index (χ4v) is 4.12. The number of benzene rings is 2. The minimum atomic E-state index is -0.544. The van der Waals surface area contributed by atoms with Crippen molar-refractivity contribution < 1.29 is 13.5 Å². The Morgan fingerprint density at radius 1 is 1.06 bits per heavy atom. The van der Waals surface area contributed by atoms with E-state index in [-0.39, 0.29) is 11.2 Å². The first kappa shape index (κ1) is 26.0. The second-order valence-corrected chi connectivity index (χ2v) is 7.30. The molecule has 0 aliphatic carbocycles. The van der Waals surface area contributed by atoms with Gasteiger partial charge in [0, 0.05) is 18.2 Å². The molecule has 0 spiro atoms. The number of nitrogens with one attached hydrogen (secondary N) is 2. The summed E-state index contributed by atoms with van der Waals surface area (Å²) in [6, 6.07) is 8.10. The van der Waals surface area contributed by atoms with Crippen LogP contribution in [-0.4, -0.2) is 38.7 Å². The normalized spacial score (nSPS) is 16.0. The van der Waals surface area contributed by atoms with Crippen LogP contribution in [-0.2, 0) is 11.3 Å². The third-order valence-corrected chi connectivity index (χ3v) is 5.48. The van der Waals surface area contributed by atoms with E-state index < -0.39 is 23.3 Å². The number of ether oxygens (including phenoxy) is 1. The van der Waals surface area contributed by atoms with E-state index in [1.807, 2.05) is 27.7 Å². The summed E-state index contributed by atoms with van der Waals surface area (Å²) in [4.78, 5) is 16.8. The Bertz CT molecular complexity index is 1320. The SMILES string of the molecule is CC.CC.COCCn1ncnc1C1c2n[nH]c(=O)c3cc(F)cc(c23)NC1c1ccc(F)cc1. The first-order valence-corrected chi connectivity index (χ1v) is 11.7. The maximum atomic E-state index is 14.3. The van der Waals surface area contributed by atoms with Crippen LogP contribution >= 0.6 is 0 Å². The molecule has 0 saturated carbocycles. The van der Waals surface area contributed by atoms with E-state index in [4.69, 9.17) is 4.74 Å². The van der Waals surface area contributed by atoms with Crippen molar-refractivity contribution >= 4 is 16.5 Å². The van der Waals surface area contributed by atoms with Crippen molar-refractivity contribution in [3.05, 3.63) is 81.8 Å². The van der Waals surface area contributed by atoms with Crippen molar-refractivity contribution in [1.29, 1.82) is 0 Å². The number of aromatic nitrogens is 5. The molecule has 186 valence electrons. The van der Waals surface area contributed by atoms with Crippen molar-refractivity contribution in [2.75, 3.05) is 19.0 Å². The van der Waals surface area contributed by atoms with Gasteiger partial charge in [-0.1, -0.05) is 39.8 Å². The van der Waals surface area contributed by atoms with E-state index in [1.54, 1.807) is 23.9 Å². The summed E-state index contributed by atoms with van der Waals surface area (Å²) in [6.45, 7) is 8.88. The smallest absolute Gasteiger partial charge is 0.272 e. The summed E-state index contributed by atoms with van der Waals surface area (Å²) in [6.07, 6.45) is 1.44. The molecule has 35 heavy (non-hydrogen) atoms. The summed E-state index contributed by atoms with van der Waals surface area (Å²) in [5, 5.41) is 15.1. The second kappa shape index (κ2) is 11.7. The van der Waals surface area contributed by atoms with E-state index in [1.165, 1.54) is 30.6 Å². The Balaban J connectivity index is 0.000000815. The van der Waals surface area contributed by atoms with Crippen molar-refractivity contribution in [3.63, 3.8) is 0 Å². The average molecular weight is 485 g/mol. The van der Waals surface area contributed by atoms with Gasteiger partial charge in [-0.25, -0.2) is 23.5 Å². The van der Waals surface area contributed by atoms with Gasteiger partial charge in [0.25, 0.3) is 5.56 Å². The predicted molar refractivity (Wildman–Crippen MR) is 132 cm³/mol. The highest BCUT2D eigenvalue weighted by molar-refractivity contribution is 5.97. The topological polar surface area (TPSA) is 97.7 Å². The lowest BCUT2D eigenvalue weighted by Crippen LogP contribution is -2.30. The molecule has 0 radical (unpaired) electrons. The van der Waals surface area contributed by atoms with Gasteiger partial charge >= 0.3 is 0 Å². The fraction of sp³-hybridized carbons (Fsp3) is 0.360. The lowest BCUT2D eigenvalue weighted by atomic mass is 9.83. The summed E-state index contributed by atoms with van der Waals surface area (Å²) in [5.41, 5.74) is 1.24. The van der Waals surface area contributed by atoms with Crippen LogP contribution in [0.3, 0.4) is 0 Å². The van der Waals surface area contributed by atoms with Gasteiger partial charge in [0.1, 0.15) is 23.8 Å².